The molecule has 0 aromatic carbocycles. The second-order valence-electron chi connectivity index (χ2n) is 5.19. The lowest BCUT2D eigenvalue weighted by Gasteiger charge is -2.56. The summed E-state index contributed by atoms with van der Waals surface area (Å²) in [5.74, 6) is 0. The molecule has 0 aromatic heterocycles. The van der Waals surface area contributed by atoms with E-state index in [1.165, 1.54) is 38.5 Å². The van der Waals surface area contributed by atoms with Crippen LogP contribution in [-0.4, -0.2) is 25.3 Å². The third-order valence-electron chi connectivity index (χ3n) is 4.86. The van der Waals surface area contributed by atoms with Gasteiger partial charge in [0.1, 0.15) is 0 Å². The maximum atomic E-state index is 6.21. The van der Waals surface area contributed by atoms with Crippen molar-refractivity contribution >= 4 is 0 Å². The SMILES string of the molecule is CCC1(CC)C(NC)CC1OC1CCC1. The van der Waals surface area contributed by atoms with Crippen molar-refractivity contribution in [3.8, 4) is 0 Å². The Hall–Kier alpha value is -0.0800. The van der Waals surface area contributed by atoms with E-state index in [1.807, 2.05) is 0 Å². The molecular weight excluding hydrogens is 186 g/mol. The maximum Gasteiger partial charge on any atom is 0.0664 e. The first kappa shape index (κ1) is 11.4. The first-order valence-electron chi connectivity index (χ1n) is 6.59. The molecule has 2 saturated carbocycles. The molecule has 0 bridgehead atoms. The molecule has 0 radical (unpaired) electrons. The van der Waals surface area contributed by atoms with Gasteiger partial charge in [0.25, 0.3) is 0 Å². The van der Waals surface area contributed by atoms with Crippen LogP contribution in [0.15, 0.2) is 0 Å². The predicted molar refractivity (Wildman–Crippen MR) is 63.0 cm³/mol. The largest absolute Gasteiger partial charge is 0.374 e. The quantitative estimate of drug-likeness (QED) is 0.755. The highest BCUT2D eigenvalue weighted by atomic mass is 16.5. The zero-order valence-electron chi connectivity index (χ0n) is 10.4. The molecule has 0 heterocycles. The lowest BCUT2D eigenvalue weighted by Crippen LogP contribution is -2.63. The van der Waals surface area contributed by atoms with Crippen molar-refractivity contribution in [1.29, 1.82) is 0 Å². The van der Waals surface area contributed by atoms with Crippen LogP contribution in [-0.2, 0) is 4.74 Å². The summed E-state index contributed by atoms with van der Waals surface area (Å²) in [5, 5.41) is 3.45. The van der Waals surface area contributed by atoms with Crippen molar-refractivity contribution in [3.05, 3.63) is 0 Å². The highest BCUT2D eigenvalue weighted by Gasteiger charge is 2.53. The van der Waals surface area contributed by atoms with E-state index in [0.29, 0.717) is 23.7 Å². The summed E-state index contributed by atoms with van der Waals surface area (Å²) < 4.78 is 6.21. The van der Waals surface area contributed by atoms with E-state index in [4.69, 9.17) is 4.74 Å². The molecule has 88 valence electrons. The standard InChI is InChI=1S/C13H25NO/c1-4-13(5-2)11(14-3)9-12(13)15-10-7-6-8-10/h10-12,14H,4-9H2,1-3H3. The van der Waals surface area contributed by atoms with Crippen LogP contribution in [0.1, 0.15) is 52.4 Å². The summed E-state index contributed by atoms with van der Waals surface area (Å²) in [6.45, 7) is 4.62. The average molecular weight is 211 g/mol. The zero-order valence-corrected chi connectivity index (χ0v) is 10.4. The summed E-state index contributed by atoms with van der Waals surface area (Å²) in [6.07, 6.45) is 8.78. The molecule has 0 spiro atoms. The molecule has 0 amide bonds. The van der Waals surface area contributed by atoms with Gasteiger partial charge >= 0.3 is 0 Å². The number of ether oxygens (including phenoxy) is 1. The van der Waals surface area contributed by atoms with Crippen LogP contribution >= 0.6 is 0 Å². The normalized spacial score (nSPS) is 34.6. The van der Waals surface area contributed by atoms with Gasteiger partial charge in [-0.1, -0.05) is 13.8 Å². The fraction of sp³-hybridized carbons (Fsp3) is 1.00. The Kier molecular flexibility index (Phi) is 3.36. The zero-order chi connectivity index (χ0) is 10.9. The van der Waals surface area contributed by atoms with Crippen molar-refractivity contribution in [2.45, 2.75) is 70.6 Å². The lowest BCUT2D eigenvalue weighted by atomic mass is 9.58. The van der Waals surface area contributed by atoms with E-state index in [0.717, 1.165) is 0 Å². The Balaban J connectivity index is 1.94. The second-order valence-corrected chi connectivity index (χ2v) is 5.19. The Morgan fingerprint density at radius 2 is 1.93 bits per heavy atom. The Bertz CT molecular complexity index is 209. The Morgan fingerprint density at radius 3 is 2.33 bits per heavy atom. The minimum absolute atomic E-state index is 0.421. The minimum atomic E-state index is 0.421. The fourth-order valence-electron chi connectivity index (χ4n) is 3.28. The van der Waals surface area contributed by atoms with E-state index in [-0.39, 0.29) is 0 Å². The first-order chi connectivity index (χ1) is 7.26. The number of hydrogen-bond donors (Lipinski definition) is 1. The summed E-state index contributed by atoms with van der Waals surface area (Å²) in [7, 11) is 2.09. The van der Waals surface area contributed by atoms with Crippen molar-refractivity contribution in [2.24, 2.45) is 5.41 Å². The number of nitrogens with one attached hydrogen (secondary N) is 1. The van der Waals surface area contributed by atoms with Gasteiger partial charge in [-0.15, -0.1) is 0 Å². The average Bonchev–Trinajstić information content (AvgIpc) is 2.16. The van der Waals surface area contributed by atoms with Crippen LogP contribution in [0.4, 0.5) is 0 Å². The molecule has 1 N–H and O–H groups in total. The smallest absolute Gasteiger partial charge is 0.0664 e. The van der Waals surface area contributed by atoms with Crippen LogP contribution in [0.2, 0.25) is 0 Å². The van der Waals surface area contributed by atoms with Gasteiger partial charge < -0.3 is 10.1 Å². The van der Waals surface area contributed by atoms with E-state index in [1.54, 1.807) is 0 Å². The molecule has 15 heavy (non-hydrogen) atoms. The highest BCUT2D eigenvalue weighted by molar-refractivity contribution is 5.06. The van der Waals surface area contributed by atoms with Crippen LogP contribution < -0.4 is 5.32 Å². The molecule has 2 rings (SSSR count). The van der Waals surface area contributed by atoms with Gasteiger partial charge in [0.2, 0.25) is 0 Å². The molecule has 2 unspecified atom stereocenters. The summed E-state index contributed by atoms with van der Waals surface area (Å²) in [5.41, 5.74) is 0.421. The number of hydrogen-bond acceptors (Lipinski definition) is 2. The van der Waals surface area contributed by atoms with Crippen LogP contribution in [0, 0.1) is 5.41 Å². The lowest BCUT2D eigenvalue weighted by molar-refractivity contribution is -0.180. The third-order valence-corrected chi connectivity index (χ3v) is 4.86. The van der Waals surface area contributed by atoms with Gasteiger partial charge in [-0.25, -0.2) is 0 Å². The fourth-order valence-corrected chi connectivity index (χ4v) is 3.28. The predicted octanol–water partition coefficient (Wildman–Crippen LogP) is 2.72. The molecule has 2 aliphatic rings. The summed E-state index contributed by atoms with van der Waals surface area (Å²) in [6, 6.07) is 0.678. The summed E-state index contributed by atoms with van der Waals surface area (Å²) in [4.78, 5) is 0. The van der Waals surface area contributed by atoms with E-state index < -0.39 is 0 Å². The molecule has 0 aliphatic heterocycles. The van der Waals surface area contributed by atoms with Crippen LogP contribution in [0.3, 0.4) is 0 Å². The minimum Gasteiger partial charge on any atom is -0.374 e. The van der Waals surface area contributed by atoms with E-state index in [2.05, 4.69) is 26.2 Å². The number of rotatable bonds is 5. The topological polar surface area (TPSA) is 21.3 Å². The van der Waals surface area contributed by atoms with Gasteiger partial charge in [-0.05, 0) is 45.6 Å². The monoisotopic (exact) mass is 211 g/mol. The van der Waals surface area contributed by atoms with Gasteiger partial charge in [-0.2, -0.15) is 0 Å². The van der Waals surface area contributed by atoms with Crippen molar-refractivity contribution in [2.75, 3.05) is 7.05 Å². The maximum absolute atomic E-state index is 6.21. The van der Waals surface area contributed by atoms with Gasteiger partial charge in [-0.3, -0.25) is 0 Å². The molecule has 0 saturated heterocycles. The Morgan fingerprint density at radius 1 is 1.27 bits per heavy atom. The van der Waals surface area contributed by atoms with Crippen molar-refractivity contribution in [1.82, 2.24) is 5.32 Å². The molecule has 2 aliphatic carbocycles. The highest BCUT2D eigenvalue weighted by Crippen LogP contribution is 2.50. The Labute approximate surface area is 93.8 Å². The molecule has 2 nitrogen and oxygen atoms in total. The molecular formula is C13H25NO. The molecule has 0 aromatic rings. The van der Waals surface area contributed by atoms with Gasteiger partial charge in [0.05, 0.1) is 12.2 Å². The molecule has 2 heteroatoms. The summed E-state index contributed by atoms with van der Waals surface area (Å²) >= 11 is 0. The third kappa shape index (κ3) is 1.72. The van der Waals surface area contributed by atoms with Crippen LogP contribution in [0.5, 0.6) is 0 Å². The van der Waals surface area contributed by atoms with Gasteiger partial charge in [0, 0.05) is 11.5 Å². The second kappa shape index (κ2) is 4.42. The van der Waals surface area contributed by atoms with E-state index >= 15 is 0 Å². The van der Waals surface area contributed by atoms with E-state index in [9.17, 15) is 0 Å². The van der Waals surface area contributed by atoms with Crippen molar-refractivity contribution < 1.29 is 4.74 Å². The van der Waals surface area contributed by atoms with Crippen molar-refractivity contribution in [3.63, 3.8) is 0 Å². The first-order valence-corrected chi connectivity index (χ1v) is 6.59. The molecule has 2 fully saturated rings. The molecule has 2 atom stereocenters. The van der Waals surface area contributed by atoms with Crippen LogP contribution in [0.25, 0.3) is 0 Å². The van der Waals surface area contributed by atoms with Gasteiger partial charge in [0.15, 0.2) is 0 Å².